The van der Waals surface area contributed by atoms with Crippen LogP contribution < -0.4 is 16.0 Å². The molecule has 2 atom stereocenters. The smallest absolute Gasteiger partial charge is 0.387 e. The van der Waals surface area contributed by atoms with Crippen molar-refractivity contribution in [1.82, 2.24) is 69.2 Å². The maximum absolute atomic E-state index is 14.1. The van der Waals surface area contributed by atoms with Gasteiger partial charge in [0.1, 0.15) is 17.2 Å². The molecule has 3 saturated heterocycles. The number of hydrogen-bond donors (Lipinski definition) is 3. The van der Waals surface area contributed by atoms with E-state index in [0.717, 1.165) is 130 Å². The Morgan fingerprint density at radius 1 is 0.533 bits per heavy atom. The fourth-order valence-electron chi connectivity index (χ4n) is 17.8. The summed E-state index contributed by atoms with van der Waals surface area (Å²) < 4.78 is 87.5. The number of allylic oxidation sites excluding steroid dienone is 1. The van der Waals surface area contributed by atoms with Gasteiger partial charge >= 0.3 is 12.4 Å². The number of ketones is 4. The summed E-state index contributed by atoms with van der Waals surface area (Å²) in [6.07, 6.45) is 9.66. The Balaban J connectivity index is 0.000000157. The molecular formula is C106H115F6N15O10. The molecule has 16 rings (SSSR count). The van der Waals surface area contributed by atoms with Crippen LogP contribution in [0.15, 0.2) is 171 Å². The van der Waals surface area contributed by atoms with Crippen LogP contribution in [0.5, 0.6) is 0 Å². The van der Waals surface area contributed by atoms with Crippen LogP contribution in [0.1, 0.15) is 259 Å². The van der Waals surface area contributed by atoms with Gasteiger partial charge in [-0.1, -0.05) is 131 Å². The highest BCUT2D eigenvalue weighted by Crippen LogP contribution is 2.39. The lowest BCUT2D eigenvalue weighted by Crippen LogP contribution is -2.47. The molecule has 10 aromatic rings. The number of aryl methyl sites for hydroxylation is 3. The van der Waals surface area contributed by atoms with Gasteiger partial charge < -0.3 is 25.8 Å². The van der Waals surface area contributed by atoms with Crippen molar-refractivity contribution in [2.24, 2.45) is 0 Å². The summed E-state index contributed by atoms with van der Waals surface area (Å²) in [5.41, 5.74) is 10.3. The van der Waals surface area contributed by atoms with Crippen LogP contribution in [0.2, 0.25) is 0 Å². The van der Waals surface area contributed by atoms with Gasteiger partial charge in [0.15, 0.2) is 28.6 Å². The molecule has 6 aromatic carbocycles. The number of imidazole rings is 2. The Hall–Kier alpha value is -13.6. The Kier molecular flexibility index (Phi) is 34.4. The number of rotatable bonds is 28. The number of nitrogens with one attached hydrogen (secondary N) is 3. The van der Waals surface area contributed by atoms with Crippen molar-refractivity contribution >= 4 is 75.6 Å². The maximum atomic E-state index is 14.1. The number of unbranched alkanes of at least 4 members (excludes halogenated alkanes) is 6. The highest BCUT2D eigenvalue weighted by atomic mass is 19.4. The number of piperazine rings is 2. The average Bonchev–Trinajstić information content (AvgIpc) is 1.61. The molecule has 3 N–H and O–H groups in total. The molecule has 4 aromatic heterocycles. The number of halogens is 6. The number of nitrogens with zero attached hydrogens (tertiary/aromatic N) is 12. The van der Waals surface area contributed by atoms with Gasteiger partial charge in [-0.2, -0.15) is 36.5 Å². The topological polar surface area (TPSA) is 287 Å². The minimum absolute atomic E-state index is 0.0355. The first-order valence-corrected chi connectivity index (χ1v) is 47.0. The summed E-state index contributed by atoms with van der Waals surface area (Å²) in [6.45, 7) is 23.8. The minimum Gasteiger partial charge on any atom is -0.387 e. The third-order valence-electron chi connectivity index (χ3n) is 25.4. The van der Waals surface area contributed by atoms with Crippen LogP contribution in [-0.4, -0.2) is 208 Å². The molecule has 9 heterocycles. The van der Waals surface area contributed by atoms with E-state index < -0.39 is 35.4 Å². The molecular weight excluding hydrogens is 1760 g/mol. The maximum Gasteiger partial charge on any atom is 0.416 e. The minimum atomic E-state index is -4.56. The van der Waals surface area contributed by atoms with E-state index in [1.807, 2.05) is 56.0 Å². The van der Waals surface area contributed by atoms with E-state index in [4.69, 9.17) is 0 Å². The highest BCUT2D eigenvalue weighted by Gasteiger charge is 2.46. The number of carbonyl (C=O) groups excluding carboxylic acids is 10. The summed E-state index contributed by atoms with van der Waals surface area (Å²) in [6, 6.07) is 35.7. The number of fused-ring (bicyclic) bond motifs is 4. The Morgan fingerprint density at radius 2 is 1.07 bits per heavy atom. The third kappa shape index (κ3) is 26.0. The molecule has 4 fully saturated rings. The lowest BCUT2D eigenvalue weighted by molar-refractivity contribution is -0.139. The van der Waals surface area contributed by atoms with Crippen molar-refractivity contribution in [3.8, 4) is 23.7 Å². The summed E-state index contributed by atoms with van der Waals surface area (Å²) in [5.74, 6) is 10.1. The molecule has 0 bridgehead atoms. The van der Waals surface area contributed by atoms with Crippen LogP contribution in [-0.2, 0) is 63.9 Å². The molecule has 6 aliphatic rings. The normalized spacial score (nSPS) is 16.3. The standard InChI is InChI=1S/C32H32F3N5O.C31H28F3N5O2.C22H30N4O3.C21H25NO4/c1-3-13-38-14-16-39(17-15-38)22-27-9-7-24(18-29(27)32(33,34)35)19-30(41)26-8-6-23(2)25(20-26)10-11-28-21-36-31-5-4-12-37-40(28)31;1-21-5-7-25(18-24(21)9-10-27-19-35-30-4-3-11-36-39(27)30)29(41)17-23-6-8-26(28(16-23)31(32,33)34)20-37-12-14-38(15-13-37)22(2)40;1-3-23-19(27)10-5-4-6-13-24-18-9-7-8-17-20(18)22(29)26(21(17)28)16-12-11-15(2)25-14-16;1-2-3-4-5-6-8-14-9-7-10-16-19(14)21(26)22(20(16)25)17-12-11-15(23)13-18(17)24/h4-9,12,18,20-21H,3,13-17,19,22H2,1-2H3;3-8,11,16,18-19H,12-15,17,20H2,1-2H3;7-9,16,24-25H,2-6,10-14H2,1H3,(H,23,27);7,9-10,17H,2-6,8,11-13H2,1H3. The number of carbonyl (C=O) groups is 10. The predicted molar refractivity (Wildman–Crippen MR) is 509 cm³/mol. The summed E-state index contributed by atoms with van der Waals surface area (Å²) >= 11 is 0. The van der Waals surface area contributed by atoms with Crippen LogP contribution in [0.4, 0.5) is 32.0 Å². The second-order valence-electron chi connectivity index (χ2n) is 35.3. The van der Waals surface area contributed by atoms with Crippen molar-refractivity contribution in [2.45, 2.75) is 195 Å². The molecule has 716 valence electrons. The molecule has 0 spiro atoms. The van der Waals surface area contributed by atoms with Gasteiger partial charge in [-0.15, -0.1) is 0 Å². The summed E-state index contributed by atoms with van der Waals surface area (Å²) in [4.78, 5) is 144. The molecule has 6 amide bonds. The summed E-state index contributed by atoms with van der Waals surface area (Å²) in [5, 5.41) is 17.8. The number of anilines is 1. The fourth-order valence-corrected chi connectivity index (χ4v) is 17.8. The van der Waals surface area contributed by atoms with Crippen molar-refractivity contribution < 1.29 is 74.3 Å². The zero-order chi connectivity index (χ0) is 97.6. The Morgan fingerprint density at radius 3 is 1.60 bits per heavy atom. The largest absolute Gasteiger partial charge is 0.416 e. The predicted octanol–water partition coefficient (Wildman–Crippen LogP) is 16.1. The van der Waals surface area contributed by atoms with E-state index >= 15 is 0 Å². The number of piperidine rings is 1. The molecule has 1 aliphatic carbocycles. The molecule has 0 radical (unpaired) electrons. The van der Waals surface area contributed by atoms with Crippen molar-refractivity contribution in [3.05, 3.63) is 276 Å². The summed E-state index contributed by atoms with van der Waals surface area (Å²) in [7, 11) is 0. The van der Waals surface area contributed by atoms with Gasteiger partial charge in [-0.25, -0.2) is 19.0 Å². The first-order valence-electron chi connectivity index (χ1n) is 47.0. The second-order valence-corrected chi connectivity index (χ2v) is 35.3. The number of benzene rings is 6. The average molecular weight is 1870 g/mol. The highest BCUT2D eigenvalue weighted by molar-refractivity contribution is 6.25. The monoisotopic (exact) mass is 1870 g/mol. The Bertz CT molecular complexity index is 6290. The van der Waals surface area contributed by atoms with Gasteiger partial charge in [0, 0.05) is 164 Å². The molecule has 1 saturated carbocycles. The lowest BCUT2D eigenvalue weighted by Gasteiger charge is -2.35. The van der Waals surface area contributed by atoms with E-state index in [-0.39, 0.29) is 121 Å². The van der Waals surface area contributed by atoms with Gasteiger partial charge in [-0.05, 0) is 196 Å². The van der Waals surface area contributed by atoms with Crippen LogP contribution >= 0.6 is 0 Å². The zero-order valence-electron chi connectivity index (χ0n) is 78.2. The number of imide groups is 2. The van der Waals surface area contributed by atoms with Crippen molar-refractivity contribution in [1.29, 1.82) is 0 Å². The number of Topliss-reactive ketones (excluding diaryl/α,β-unsaturated/α-hetero) is 4. The van der Waals surface area contributed by atoms with Crippen LogP contribution in [0.3, 0.4) is 0 Å². The SMILES string of the molecule is C=C1CCC(N2C(=O)c3cccc(NCCCCCC(=O)NCC)c3C2=O)CN1.CC(=O)N1CCN(Cc2ccc(CC(=O)c3ccc(C)c(C#Cc4cnc5cccnn45)c3)cc2C(F)(F)F)CC1.CCCCCCCc1cccc2c1C(=O)N(C1CCC(=O)CC1=O)C2=O.CCCN1CCN(Cc2ccc(CC(=O)c3ccc(C)c(C#Cc4cnc5cccnn45)c3)cc2C(F)(F)F)CC1. The third-order valence-corrected chi connectivity index (χ3v) is 25.4. The van der Waals surface area contributed by atoms with E-state index in [1.54, 1.807) is 118 Å². The van der Waals surface area contributed by atoms with Crippen LogP contribution in [0.25, 0.3) is 11.3 Å². The molecule has 137 heavy (non-hydrogen) atoms. The zero-order valence-corrected chi connectivity index (χ0v) is 78.2. The van der Waals surface area contributed by atoms with Gasteiger partial charge in [0.25, 0.3) is 23.6 Å². The first-order chi connectivity index (χ1) is 65.9. The fraction of sp³-hybridized carbons (Fsp3) is 0.396. The molecule has 31 heteroatoms. The number of aromatic nitrogens is 6. The quantitative estimate of drug-likeness (QED) is 0.0103. The van der Waals surface area contributed by atoms with E-state index in [9.17, 15) is 74.3 Å². The first kappa shape index (κ1) is 101. The van der Waals surface area contributed by atoms with Gasteiger partial charge in [0.2, 0.25) is 11.8 Å². The lowest BCUT2D eigenvalue weighted by atomic mass is 9.92. The number of alkyl halides is 6. The second kappa shape index (κ2) is 46.8. The van der Waals surface area contributed by atoms with Gasteiger partial charge in [0.05, 0.1) is 64.3 Å². The van der Waals surface area contributed by atoms with Crippen molar-refractivity contribution in [2.75, 3.05) is 83.9 Å². The number of amides is 6. The van der Waals surface area contributed by atoms with Crippen molar-refractivity contribution in [3.63, 3.8) is 0 Å². The van der Waals surface area contributed by atoms with E-state index in [1.165, 1.54) is 43.2 Å². The molecule has 25 nitrogen and oxygen atoms in total. The Labute approximate surface area is 793 Å². The van der Waals surface area contributed by atoms with Crippen LogP contribution in [0, 0.1) is 37.5 Å². The molecule has 5 aliphatic heterocycles. The van der Waals surface area contributed by atoms with Gasteiger partial charge in [-0.3, -0.25) is 67.5 Å². The van der Waals surface area contributed by atoms with E-state index in [0.29, 0.717) is 131 Å². The van der Waals surface area contributed by atoms with E-state index in [2.05, 4.69) is 90.0 Å². The number of hydrogen-bond acceptors (Lipinski definition) is 19. The molecule has 2 unspecified atom stereocenters.